The summed E-state index contributed by atoms with van der Waals surface area (Å²) in [7, 11) is -3.74. The Hall–Kier alpha value is -4.64. The molecule has 0 atom stereocenters. The molecule has 0 saturated heterocycles. The fourth-order valence-electron chi connectivity index (χ4n) is 3.60. The topological polar surface area (TPSA) is 130 Å². The molecule has 0 radical (unpaired) electrons. The van der Waals surface area contributed by atoms with Crippen molar-refractivity contribution < 1.29 is 27.2 Å². The summed E-state index contributed by atoms with van der Waals surface area (Å²) in [6.07, 6.45) is 4.00. The largest absolute Gasteiger partial charge is 0.484 e. The summed E-state index contributed by atoms with van der Waals surface area (Å²) in [4.78, 5) is 24.4. The van der Waals surface area contributed by atoms with Gasteiger partial charge in [-0.2, -0.15) is 5.10 Å². The molecule has 1 aromatic heterocycles. The molecule has 0 bridgehead atoms. The van der Waals surface area contributed by atoms with Gasteiger partial charge in [-0.3, -0.25) is 13.9 Å². The van der Waals surface area contributed by atoms with Crippen molar-refractivity contribution >= 4 is 44.5 Å². The minimum atomic E-state index is -3.74. The van der Waals surface area contributed by atoms with Crippen LogP contribution in [0.25, 0.3) is 10.8 Å². The first kappa shape index (κ1) is 26.4. The Kier molecular flexibility index (Phi) is 8.39. The van der Waals surface area contributed by atoms with Gasteiger partial charge >= 0.3 is 0 Å². The molecule has 4 aromatic rings. The van der Waals surface area contributed by atoms with Crippen molar-refractivity contribution in [2.75, 3.05) is 23.7 Å². The van der Waals surface area contributed by atoms with Gasteiger partial charge in [-0.05, 0) is 53.4 Å². The van der Waals surface area contributed by atoms with E-state index in [1.807, 2.05) is 24.3 Å². The Morgan fingerprint density at radius 3 is 2.47 bits per heavy atom. The van der Waals surface area contributed by atoms with E-state index >= 15 is 0 Å². The monoisotopic (exact) mass is 534 g/mol. The third kappa shape index (κ3) is 7.20. The summed E-state index contributed by atoms with van der Waals surface area (Å²) in [5.41, 5.74) is 3.44. The Bertz CT molecular complexity index is 1530. The standard InChI is InChI=1S/C27H26N4O6S/c1-38(34,35)31(25-10-4-7-21-6-2-3-9-24(21)25)18-26(32)30-29-16-20-11-13-22(14-12-20)37-19-27(33)28-17-23-8-5-15-36-23/h2-16H,17-19H2,1H3,(H,28,33)(H,30,32)/b29-16-. The van der Waals surface area contributed by atoms with Crippen LogP contribution in [0.5, 0.6) is 5.75 Å². The molecular formula is C27H26N4O6S. The van der Waals surface area contributed by atoms with E-state index in [1.165, 1.54) is 12.5 Å². The smallest absolute Gasteiger partial charge is 0.260 e. The van der Waals surface area contributed by atoms with E-state index in [2.05, 4.69) is 15.8 Å². The number of benzene rings is 3. The quantitative estimate of drug-likeness (QED) is 0.225. The number of hydrazone groups is 1. The summed E-state index contributed by atoms with van der Waals surface area (Å²) < 4.78 is 36.7. The normalized spacial score (nSPS) is 11.4. The number of fused-ring (bicyclic) bond motifs is 1. The highest BCUT2D eigenvalue weighted by Gasteiger charge is 2.22. The van der Waals surface area contributed by atoms with Crippen LogP contribution in [0.4, 0.5) is 5.69 Å². The second kappa shape index (κ2) is 12.1. The molecule has 196 valence electrons. The lowest BCUT2D eigenvalue weighted by Crippen LogP contribution is -2.39. The number of amides is 2. The minimum Gasteiger partial charge on any atom is -0.484 e. The van der Waals surface area contributed by atoms with Gasteiger partial charge in [0.25, 0.3) is 11.8 Å². The number of hydrogen-bond acceptors (Lipinski definition) is 7. The van der Waals surface area contributed by atoms with Gasteiger partial charge in [0.2, 0.25) is 10.0 Å². The van der Waals surface area contributed by atoms with Gasteiger partial charge in [0, 0.05) is 5.39 Å². The summed E-state index contributed by atoms with van der Waals surface area (Å²) in [5, 5.41) is 8.19. The van der Waals surface area contributed by atoms with Crippen molar-refractivity contribution in [3.05, 3.63) is 96.4 Å². The van der Waals surface area contributed by atoms with E-state index in [0.717, 1.165) is 15.9 Å². The molecule has 10 nitrogen and oxygen atoms in total. The van der Waals surface area contributed by atoms with Crippen molar-refractivity contribution in [1.82, 2.24) is 10.7 Å². The maximum absolute atomic E-state index is 12.5. The van der Waals surface area contributed by atoms with Gasteiger partial charge in [-0.25, -0.2) is 13.8 Å². The number of ether oxygens (including phenoxy) is 1. The van der Waals surface area contributed by atoms with Crippen LogP contribution in [0, 0.1) is 0 Å². The number of hydrogen-bond donors (Lipinski definition) is 2. The zero-order chi connectivity index (χ0) is 27.0. The van der Waals surface area contributed by atoms with E-state index in [-0.39, 0.29) is 19.1 Å². The first-order valence-corrected chi connectivity index (χ1v) is 13.4. The average Bonchev–Trinajstić information content (AvgIpc) is 3.43. The molecule has 0 aliphatic rings. The van der Waals surface area contributed by atoms with Crippen LogP contribution in [0.3, 0.4) is 0 Å². The number of nitrogens with one attached hydrogen (secondary N) is 2. The maximum atomic E-state index is 12.5. The molecule has 2 amide bonds. The maximum Gasteiger partial charge on any atom is 0.260 e. The number of carbonyl (C=O) groups excluding carboxylic acids is 2. The Morgan fingerprint density at radius 2 is 1.74 bits per heavy atom. The molecule has 0 fully saturated rings. The lowest BCUT2D eigenvalue weighted by atomic mass is 10.1. The van der Waals surface area contributed by atoms with E-state index in [4.69, 9.17) is 9.15 Å². The van der Waals surface area contributed by atoms with E-state index < -0.39 is 22.5 Å². The van der Waals surface area contributed by atoms with Crippen LogP contribution < -0.4 is 19.8 Å². The third-order valence-corrected chi connectivity index (χ3v) is 6.54. The number of furan rings is 1. The van der Waals surface area contributed by atoms with E-state index in [9.17, 15) is 18.0 Å². The average molecular weight is 535 g/mol. The molecular weight excluding hydrogens is 508 g/mol. The van der Waals surface area contributed by atoms with Gasteiger partial charge in [-0.1, -0.05) is 36.4 Å². The predicted molar refractivity (Wildman–Crippen MR) is 144 cm³/mol. The molecule has 0 unspecified atom stereocenters. The van der Waals surface area contributed by atoms with Crippen molar-refractivity contribution in [3.8, 4) is 5.75 Å². The van der Waals surface area contributed by atoms with E-state index in [1.54, 1.807) is 54.6 Å². The minimum absolute atomic E-state index is 0.155. The Balaban J connectivity index is 1.30. The number of nitrogens with zero attached hydrogens (tertiary/aromatic N) is 2. The van der Waals surface area contributed by atoms with Gasteiger partial charge in [0.15, 0.2) is 6.61 Å². The van der Waals surface area contributed by atoms with Gasteiger partial charge in [0.05, 0.1) is 31.0 Å². The van der Waals surface area contributed by atoms with Crippen molar-refractivity contribution in [2.45, 2.75) is 6.54 Å². The molecule has 0 aliphatic heterocycles. The highest BCUT2D eigenvalue weighted by atomic mass is 32.2. The molecule has 2 N–H and O–H groups in total. The van der Waals surface area contributed by atoms with Gasteiger partial charge in [-0.15, -0.1) is 0 Å². The highest BCUT2D eigenvalue weighted by Crippen LogP contribution is 2.28. The highest BCUT2D eigenvalue weighted by molar-refractivity contribution is 7.92. The summed E-state index contributed by atoms with van der Waals surface area (Å²) >= 11 is 0. The first-order valence-electron chi connectivity index (χ1n) is 11.6. The lowest BCUT2D eigenvalue weighted by molar-refractivity contribution is -0.123. The molecule has 0 saturated carbocycles. The Morgan fingerprint density at radius 1 is 0.974 bits per heavy atom. The number of rotatable bonds is 11. The molecule has 3 aromatic carbocycles. The summed E-state index contributed by atoms with van der Waals surface area (Å²) in [5.74, 6) is 0.242. The molecule has 11 heteroatoms. The molecule has 0 aliphatic carbocycles. The van der Waals surface area contributed by atoms with Crippen LogP contribution in [-0.4, -0.2) is 45.9 Å². The third-order valence-electron chi connectivity index (χ3n) is 5.42. The SMILES string of the molecule is CS(=O)(=O)N(CC(=O)N/N=C\c1ccc(OCC(=O)NCc2ccco2)cc1)c1cccc2ccccc12. The second-order valence-electron chi connectivity index (χ2n) is 8.27. The van der Waals surface area contributed by atoms with Gasteiger partial charge in [0.1, 0.15) is 18.1 Å². The molecule has 4 rings (SSSR count). The fraction of sp³-hybridized carbons (Fsp3) is 0.148. The summed E-state index contributed by atoms with van der Waals surface area (Å²) in [6, 6.07) is 22.8. The van der Waals surface area contributed by atoms with Crippen molar-refractivity contribution in [1.29, 1.82) is 0 Å². The zero-order valence-corrected chi connectivity index (χ0v) is 21.4. The molecule has 38 heavy (non-hydrogen) atoms. The van der Waals surface area contributed by atoms with Crippen molar-refractivity contribution in [3.63, 3.8) is 0 Å². The van der Waals surface area contributed by atoms with Crippen molar-refractivity contribution in [2.24, 2.45) is 5.10 Å². The van der Waals surface area contributed by atoms with Gasteiger partial charge < -0.3 is 14.5 Å². The van der Waals surface area contributed by atoms with Crippen LogP contribution >= 0.6 is 0 Å². The van der Waals surface area contributed by atoms with Crippen LogP contribution in [-0.2, 0) is 26.2 Å². The summed E-state index contributed by atoms with van der Waals surface area (Å²) in [6.45, 7) is -0.309. The second-order valence-corrected chi connectivity index (χ2v) is 10.2. The number of carbonyl (C=O) groups is 2. The number of sulfonamides is 1. The first-order chi connectivity index (χ1) is 18.3. The molecule has 1 heterocycles. The van der Waals surface area contributed by atoms with Crippen LogP contribution in [0.2, 0.25) is 0 Å². The number of anilines is 1. The lowest BCUT2D eigenvalue weighted by Gasteiger charge is -2.23. The Labute approximate surface area is 219 Å². The fourth-order valence-corrected chi connectivity index (χ4v) is 4.47. The molecule has 0 spiro atoms. The van der Waals surface area contributed by atoms with Crippen LogP contribution in [0.1, 0.15) is 11.3 Å². The predicted octanol–water partition coefficient (Wildman–Crippen LogP) is 3.04. The van der Waals surface area contributed by atoms with E-state index in [0.29, 0.717) is 28.1 Å². The zero-order valence-electron chi connectivity index (χ0n) is 20.5. The van der Waals surface area contributed by atoms with Crippen LogP contribution in [0.15, 0.2) is 94.6 Å².